The summed E-state index contributed by atoms with van der Waals surface area (Å²) in [5.74, 6) is 1.09. The molecule has 3 N–H and O–H groups in total. The van der Waals surface area contributed by atoms with Crippen LogP contribution < -0.4 is 10.6 Å². The van der Waals surface area contributed by atoms with E-state index in [1.54, 1.807) is 0 Å². The third-order valence-electron chi connectivity index (χ3n) is 5.42. The van der Waals surface area contributed by atoms with Gasteiger partial charge in [0, 0.05) is 25.3 Å². The third kappa shape index (κ3) is 2.93. The first-order chi connectivity index (χ1) is 9.68. The fourth-order valence-corrected chi connectivity index (χ4v) is 4.14. The zero-order valence-corrected chi connectivity index (χ0v) is 12.1. The highest BCUT2D eigenvalue weighted by Gasteiger charge is 2.47. The van der Waals surface area contributed by atoms with Gasteiger partial charge in [0.2, 0.25) is 0 Å². The summed E-state index contributed by atoms with van der Waals surface area (Å²) < 4.78 is 5.75. The van der Waals surface area contributed by atoms with Crippen LogP contribution in [0.1, 0.15) is 44.9 Å². The van der Waals surface area contributed by atoms with Crippen molar-refractivity contribution in [1.29, 1.82) is 0 Å². The molecular formula is C15H26N2O3. The Hall–Kier alpha value is -0.810. The third-order valence-corrected chi connectivity index (χ3v) is 5.42. The Labute approximate surface area is 120 Å². The molecule has 5 heteroatoms. The van der Waals surface area contributed by atoms with Crippen LogP contribution in [0.25, 0.3) is 0 Å². The van der Waals surface area contributed by atoms with E-state index in [2.05, 4.69) is 10.6 Å². The van der Waals surface area contributed by atoms with Crippen molar-refractivity contribution in [3.63, 3.8) is 0 Å². The second kappa shape index (κ2) is 5.90. The molecule has 3 aliphatic rings. The van der Waals surface area contributed by atoms with Crippen LogP contribution in [-0.2, 0) is 4.74 Å². The van der Waals surface area contributed by atoms with Crippen LogP contribution in [0.5, 0.6) is 0 Å². The lowest BCUT2D eigenvalue weighted by Crippen LogP contribution is -2.58. The van der Waals surface area contributed by atoms with E-state index in [0.717, 1.165) is 64.6 Å². The SMILES string of the molecule is O=C1NCC(CC2CCC(O)CC2)C2(CCNCC2)O1. The largest absolute Gasteiger partial charge is 0.442 e. The molecule has 2 aliphatic heterocycles. The Morgan fingerprint density at radius 3 is 2.60 bits per heavy atom. The molecule has 3 fully saturated rings. The fourth-order valence-electron chi connectivity index (χ4n) is 4.14. The number of hydrogen-bond donors (Lipinski definition) is 3. The van der Waals surface area contributed by atoms with Gasteiger partial charge in [-0.2, -0.15) is 0 Å². The molecule has 0 aromatic carbocycles. The maximum Gasteiger partial charge on any atom is 0.407 e. The quantitative estimate of drug-likeness (QED) is 0.716. The molecule has 0 bridgehead atoms. The van der Waals surface area contributed by atoms with E-state index >= 15 is 0 Å². The molecule has 20 heavy (non-hydrogen) atoms. The van der Waals surface area contributed by atoms with Crippen LogP contribution in [0.4, 0.5) is 4.79 Å². The van der Waals surface area contributed by atoms with Gasteiger partial charge in [0.15, 0.2) is 0 Å². The average Bonchev–Trinajstić information content (AvgIpc) is 2.45. The zero-order valence-electron chi connectivity index (χ0n) is 12.1. The number of rotatable bonds is 2. The summed E-state index contributed by atoms with van der Waals surface area (Å²) >= 11 is 0. The van der Waals surface area contributed by atoms with Gasteiger partial charge in [-0.05, 0) is 51.1 Å². The normalized spacial score (nSPS) is 37.2. The average molecular weight is 282 g/mol. The molecule has 1 spiro atoms. The Balaban J connectivity index is 1.64. The number of aliphatic hydroxyl groups is 1. The number of nitrogens with one attached hydrogen (secondary N) is 2. The molecule has 2 saturated heterocycles. The van der Waals surface area contributed by atoms with Crippen molar-refractivity contribution in [3.8, 4) is 0 Å². The van der Waals surface area contributed by atoms with Crippen LogP contribution in [0.2, 0.25) is 0 Å². The number of amides is 1. The van der Waals surface area contributed by atoms with Crippen molar-refractivity contribution in [2.45, 2.75) is 56.7 Å². The lowest BCUT2D eigenvalue weighted by Gasteiger charge is -2.47. The first-order valence-electron chi connectivity index (χ1n) is 8.03. The summed E-state index contributed by atoms with van der Waals surface area (Å²) in [5.41, 5.74) is -0.246. The van der Waals surface area contributed by atoms with Gasteiger partial charge in [-0.15, -0.1) is 0 Å². The van der Waals surface area contributed by atoms with Crippen molar-refractivity contribution in [2.75, 3.05) is 19.6 Å². The summed E-state index contributed by atoms with van der Waals surface area (Å²) in [6.45, 7) is 2.62. The maximum atomic E-state index is 11.6. The molecule has 0 radical (unpaired) electrons. The van der Waals surface area contributed by atoms with Crippen LogP contribution in [0.3, 0.4) is 0 Å². The van der Waals surface area contributed by atoms with Gasteiger partial charge in [0.05, 0.1) is 6.10 Å². The van der Waals surface area contributed by atoms with E-state index in [4.69, 9.17) is 4.74 Å². The lowest BCUT2D eigenvalue weighted by atomic mass is 9.72. The van der Waals surface area contributed by atoms with Crippen LogP contribution in [0.15, 0.2) is 0 Å². The molecule has 0 aromatic rings. The van der Waals surface area contributed by atoms with Crippen molar-refractivity contribution in [2.24, 2.45) is 11.8 Å². The molecular weight excluding hydrogens is 256 g/mol. The van der Waals surface area contributed by atoms with Gasteiger partial charge < -0.3 is 20.5 Å². The summed E-state index contributed by atoms with van der Waals surface area (Å²) in [7, 11) is 0. The molecule has 1 unspecified atom stereocenters. The van der Waals surface area contributed by atoms with E-state index in [-0.39, 0.29) is 17.8 Å². The molecule has 1 amide bonds. The second-order valence-corrected chi connectivity index (χ2v) is 6.69. The van der Waals surface area contributed by atoms with Crippen molar-refractivity contribution < 1.29 is 14.6 Å². The van der Waals surface area contributed by atoms with E-state index in [9.17, 15) is 9.90 Å². The second-order valence-electron chi connectivity index (χ2n) is 6.69. The fraction of sp³-hybridized carbons (Fsp3) is 0.933. The lowest BCUT2D eigenvalue weighted by molar-refractivity contribution is -0.0824. The first kappa shape index (κ1) is 14.1. The highest BCUT2D eigenvalue weighted by molar-refractivity contribution is 5.68. The Morgan fingerprint density at radius 2 is 1.90 bits per heavy atom. The van der Waals surface area contributed by atoms with Gasteiger partial charge >= 0.3 is 6.09 Å². The summed E-state index contributed by atoms with van der Waals surface area (Å²) in [6, 6.07) is 0. The topological polar surface area (TPSA) is 70.6 Å². The van der Waals surface area contributed by atoms with Gasteiger partial charge in [-0.25, -0.2) is 4.79 Å². The molecule has 1 saturated carbocycles. The van der Waals surface area contributed by atoms with Gasteiger partial charge in [-0.3, -0.25) is 0 Å². The smallest absolute Gasteiger partial charge is 0.407 e. The number of alkyl carbamates (subject to hydrolysis) is 1. The molecule has 0 aromatic heterocycles. The Morgan fingerprint density at radius 1 is 1.20 bits per heavy atom. The Kier molecular flexibility index (Phi) is 4.17. The predicted octanol–water partition coefficient (Wildman–Crippen LogP) is 1.41. The summed E-state index contributed by atoms with van der Waals surface area (Å²) in [5, 5.41) is 15.8. The Bertz CT molecular complexity index is 347. The highest BCUT2D eigenvalue weighted by atomic mass is 16.6. The number of aliphatic hydroxyl groups excluding tert-OH is 1. The minimum absolute atomic E-state index is 0.0959. The minimum Gasteiger partial charge on any atom is -0.442 e. The molecule has 114 valence electrons. The summed E-state index contributed by atoms with van der Waals surface area (Å²) in [4.78, 5) is 11.6. The van der Waals surface area contributed by atoms with Crippen molar-refractivity contribution in [1.82, 2.24) is 10.6 Å². The molecule has 1 aliphatic carbocycles. The van der Waals surface area contributed by atoms with Crippen molar-refractivity contribution >= 4 is 6.09 Å². The van der Waals surface area contributed by atoms with Crippen LogP contribution in [-0.4, -0.2) is 42.5 Å². The molecule has 2 heterocycles. The van der Waals surface area contributed by atoms with Crippen LogP contribution >= 0.6 is 0 Å². The predicted molar refractivity (Wildman–Crippen MR) is 75.4 cm³/mol. The minimum atomic E-state index is -0.248. The monoisotopic (exact) mass is 282 g/mol. The highest BCUT2D eigenvalue weighted by Crippen LogP contribution is 2.40. The summed E-state index contributed by atoms with van der Waals surface area (Å²) in [6.07, 6.45) is 6.72. The van der Waals surface area contributed by atoms with E-state index < -0.39 is 0 Å². The van der Waals surface area contributed by atoms with E-state index in [0.29, 0.717) is 11.8 Å². The van der Waals surface area contributed by atoms with Crippen LogP contribution in [0, 0.1) is 11.8 Å². The molecule has 3 rings (SSSR count). The number of carbonyl (C=O) groups excluding carboxylic acids is 1. The van der Waals surface area contributed by atoms with E-state index in [1.807, 2.05) is 0 Å². The molecule has 5 nitrogen and oxygen atoms in total. The number of carbonyl (C=O) groups is 1. The van der Waals surface area contributed by atoms with Gasteiger partial charge in [-0.1, -0.05) is 0 Å². The first-order valence-corrected chi connectivity index (χ1v) is 8.03. The number of hydrogen-bond acceptors (Lipinski definition) is 4. The number of piperidine rings is 1. The standard InChI is InChI=1S/C15H26N2O3/c18-13-3-1-11(2-4-13)9-12-10-17-14(19)20-15(12)5-7-16-8-6-15/h11-13,16,18H,1-10H2,(H,17,19). The number of ether oxygens (including phenoxy) is 1. The zero-order chi connectivity index (χ0) is 14.0. The van der Waals surface area contributed by atoms with E-state index in [1.165, 1.54) is 0 Å². The molecule has 1 atom stereocenters. The van der Waals surface area contributed by atoms with Crippen molar-refractivity contribution in [3.05, 3.63) is 0 Å². The van der Waals surface area contributed by atoms with Gasteiger partial charge in [0.25, 0.3) is 0 Å². The van der Waals surface area contributed by atoms with Gasteiger partial charge in [0.1, 0.15) is 5.60 Å². The maximum absolute atomic E-state index is 11.6.